The minimum Gasteiger partial charge on any atom is -0.329 e. The number of likely N-dealkylation sites (N-methyl/N-ethyl adjacent to an activating group) is 1. The molecule has 1 fully saturated rings. The molecule has 1 heterocycles. The van der Waals surface area contributed by atoms with Crippen LogP contribution >= 0.6 is 0 Å². The molecule has 0 spiro atoms. The number of rotatable bonds is 3. The highest BCUT2D eigenvalue weighted by atomic mass is 15.2. The Kier molecular flexibility index (Phi) is 4.97. The molecule has 1 aliphatic heterocycles. The number of nitrogens with zero attached hydrogens (tertiary/aromatic N) is 2. The standard InChI is InChI=1S/C16H27N3/c1-13-5-6-14(2)15(11-13)16(12-17)19-8-4-7-18(3)9-10-19/h5-6,11,16H,4,7-10,12,17H2,1-3H3. The van der Waals surface area contributed by atoms with Gasteiger partial charge in [0.2, 0.25) is 0 Å². The maximum Gasteiger partial charge on any atom is 0.0473 e. The molecule has 2 N–H and O–H groups in total. The molecule has 0 bridgehead atoms. The average Bonchev–Trinajstić information content (AvgIpc) is 2.60. The first-order valence-electron chi connectivity index (χ1n) is 7.31. The van der Waals surface area contributed by atoms with Crippen molar-refractivity contribution in [2.24, 2.45) is 5.73 Å². The summed E-state index contributed by atoms with van der Waals surface area (Å²) in [4.78, 5) is 4.97. The predicted octanol–water partition coefficient (Wildman–Crippen LogP) is 1.94. The van der Waals surface area contributed by atoms with Gasteiger partial charge in [0.15, 0.2) is 0 Å². The number of benzene rings is 1. The van der Waals surface area contributed by atoms with Crippen molar-refractivity contribution in [1.29, 1.82) is 0 Å². The molecule has 2 rings (SSSR count). The summed E-state index contributed by atoms with van der Waals surface area (Å²) in [5.41, 5.74) is 10.2. The van der Waals surface area contributed by atoms with E-state index in [0.717, 1.165) is 19.6 Å². The van der Waals surface area contributed by atoms with Crippen molar-refractivity contribution in [3.05, 3.63) is 34.9 Å². The first-order chi connectivity index (χ1) is 9.11. The van der Waals surface area contributed by atoms with Gasteiger partial charge in [-0.05, 0) is 45.0 Å². The number of aryl methyl sites for hydroxylation is 2. The van der Waals surface area contributed by atoms with Crippen LogP contribution in [0.1, 0.15) is 29.2 Å². The zero-order valence-corrected chi connectivity index (χ0v) is 12.5. The number of nitrogens with two attached hydrogens (primary N) is 1. The van der Waals surface area contributed by atoms with E-state index in [1.54, 1.807) is 0 Å². The van der Waals surface area contributed by atoms with Crippen molar-refractivity contribution in [2.45, 2.75) is 26.3 Å². The molecular weight excluding hydrogens is 234 g/mol. The monoisotopic (exact) mass is 261 g/mol. The Hall–Kier alpha value is -0.900. The van der Waals surface area contributed by atoms with Gasteiger partial charge < -0.3 is 10.6 Å². The number of hydrogen-bond acceptors (Lipinski definition) is 3. The molecular formula is C16H27N3. The third-order valence-electron chi connectivity index (χ3n) is 4.21. The van der Waals surface area contributed by atoms with Gasteiger partial charge >= 0.3 is 0 Å². The van der Waals surface area contributed by atoms with Gasteiger partial charge in [-0.2, -0.15) is 0 Å². The van der Waals surface area contributed by atoms with Crippen LogP contribution in [-0.4, -0.2) is 49.6 Å². The molecule has 0 amide bonds. The Labute approximate surface area is 117 Å². The van der Waals surface area contributed by atoms with Crippen LogP contribution in [0.5, 0.6) is 0 Å². The Balaban J connectivity index is 2.21. The number of hydrogen-bond donors (Lipinski definition) is 1. The van der Waals surface area contributed by atoms with Gasteiger partial charge in [-0.3, -0.25) is 4.90 Å². The minimum absolute atomic E-state index is 0.367. The van der Waals surface area contributed by atoms with Crippen LogP contribution in [0.3, 0.4) is 0 Å². The Morgan fingerprint density at radius 3 is 2.68 bits per heavy atom. The van der Waals surface area contributed by atoms with Gasteiger partial charge in [-0.25, -0.2) is 0 Å². The van der Waals surface area contributed by atoms with Gasteiger partial charge in [-0.1, -0.05) is 23.8 Å². The molecule has 3 heteroatoms. The fourth-order valence-electron chi connectivity index (χ4n) is 2.97. The van der Waals surface area contributed by atoms with Crippen LogP contribution in [0, 0.1) is 13.8 Å². The highest BCUT2D eigenvalue weighted by molar-refractivity contribution is 5.33. The largest absolute Gasteiger partial charge is 0.329 e. The second-order valence-corrected chi connectivity index (χ2v) is 5.80. The lowest BCUT2D eigenvalue weighted by Gasteiger charge is -2.31. The molecule has 0 aromatic heterocycles. The zero-order chi connectivity index (χ0) is 13.8. The summed E-state index contributed by atoms with van der Waals surface area (Å²) >= 11 is 0. The Morgan fingerprint density at radius 1 is 1.16 bits per heavy atom. The van der Waals surface area contributed by atoms with Crippen LogP contribution in [0.2, 0.25) is 0 Å². The molecule has 19 heavy (non-hydrogen) atoms. The lowest BCUT2D eigenvalue weighted by atomic mass is 9.97. The van der Waals surface area contributed by atoms with Crippen molar-refractivity contribution in [2.75, 3.05) is 39.8 Å². The van der Waals surface area contributed by atoms with Gasteiger partial charge in [0.1, 0.15) is 0 Å². The third kappa shape index (κ3) is 3.56. The summed E-state index contributed by atoms with van der Waals surface area (Å²) < 4.78 is 0. The summed E-state index contributed by atoms with van der Waals surface area (Å²) in [6.45, 7) is 9.66. The average molecular weight is 261 g/mol. The molecule has 1 atom stereocenters. The minimum atomic E-state index is 0.367. The molecule has 1 aromatic rings. The van der Waals surface area contributed by atoms with Gasteiger partial charge in [0.25, 0.3) is 0 Å². The van der Waals surface area contributed by atoms with Crippen LogP contribution in [-0.2, 0) is 0 Å². The Morgan fingerprint density at radius 2 is 1.95 bits per heavy atom. The summed E-state index contributed by atoms with van der Waals surface area (Å²) in [6, 6.07) is 7.08. The lowest BCUT2D eigenvalue weighted by molar-refractivity contribution is 0.207. The summed E-state index contributed by atoms with van der Waals surface area (Å²) in [5.74, 6) is 0. The summed E-state index contributed by atoms with van der Waals surface area (Å²) in [7, 11) is 2.21. The molecule has 1 unspecified atom stereocenters. The van der Waals surface area contributed by atoms with Crippen molar-refractivity contribution in [3.8, 4) is 0 Å². The van der Waals surface area contributed by atoms with Crippen LogP contribution < -0.4 is 5.73 Å². The SMILES string of the molecule is Cc1ccc(C)c(C(CN)N2CCCN(C)CC2)c1. The van der Waals surface area contributed by atoms with E-state index in [1.807, 2.05) is 0 Å². The van der Waals surface area contributed by atoms with E-state index in [1.165, 1.54) is 29.7 Å². The van der Waals surface area contributed by atoms with Gasteiger partial charge in [0, 0.05) is 32.2 Å². The first kappa shape index (κ1) is 14.5. The molecule has 1 saturated heterocycles. The van der Waals surface area contributed by atoms with Crippen LogP contribution in [0.15, 0.2) is 18.2 Å². The van der Waals surface area contributed by atoms with Crippen molar-refractivity contribution >= 4 is 0 Å². The first-order valence-corrected chi connectivity index (χ1v) is 7.31. The maximum atomic E-state index is 6.08. The molecule has 0 aliphatic carbocycles. The quantitative estimate of drug-likeness (QED) is 0.902. The molecule has 106 valence electrons. The summed E-state index contributed by atoms with van der Waals surface area (Å²) in [5, 5.41) is 0. The Bertz CT molecular complexity index is 416. The second kappa shape index (κ2) is 6.51. The lowest BCUT2D eigenvalue weighted by Crippen LogP contribution is -2.36. The fourth-order valence-corrected chi connectivity index (χ4v) is 2.97. The van der Waals surface area contributed by atoms with Gasteiger partial charge in [-0.15, -0.1) is 0 Å². The van der Waals surface area contributed by atoms with E-state index >= 15 is 0 Å². The molecule has 3 nitrogen and oxygen atoms in total. The van der Waals surface area contributed by atoms with Crippen molar-refractivity contribution in [1.82, 2.24) is 9.80 Å². The maximum absolute atomic E-state index is 6.08. The normalized spacial score (nSPS) is 20.2. The van der Waals surface area contributed by atoms with Crippen molar-refractivity contribution in [3.63, 3.8) is 0 Å². The zero-order valence-electron chi connectivity index (χ0n) is 12.5. The topological polar surface area (TPSA) is 32.5 Å². The second-order valence-electron chi connectivity index (χ2n) is 5.80. The van der Waals surface area contributed by atoms with E-state index < -0.39 is 0 Å². The molecule has 1 aromatic carbocycles. The van der Waals surface area contributed by atoms with E-state index in [4.69, 9.17) is 5.73 Å². The van der Waals surface area contributed by atoms with Crippen LogP contribution in [0.4, 0.5) is 0 Å². The van der Waals surface area contributed by atoms with Crippen LogP contribution in [0.25, 0.3) is 0 Å². The van der Waals surface area contributed by atoms with E-state index in [0.29, 0.717) is 12.6 Å². The van der Waals surface area contributed by atoms with E-state index in [9.17, 15) is 0 Å². The van der Waals surface area contributed by atoms with E-state index in [-0.39, 0.29) is 0 Å². The van der Waals surface area contributed by atoms with E-state index in [2.05, 4.69) is 48.9 Å². The smallest absolute Gasteiger partial charge is 0.0473 e. The highest BCUT2D eigenvalue weighted by Crippen LogP contribution is 2.25. The fraction of sp³-hybridized carbons (Fsp3) is 0.625. The highest BCUT2D eigenvalue weighted by Gasteiger charge is 2.22. The molecule has 1 aliphatic rings. The molecule has 0 radical (unpaired) electrons. The predicted molar refractivity (Wildman–Crippen MR) is 81.4 cm³/mol. The summed E-state index contributed by atoms with van der Waals surface area (Å²) in [6.07, 6.45) is 1.23. The van der Waals surface area contributed by atoms with Crippen molar-refractivity contribution < 1.29 is 0 Å². The molecule has 0 saturated carbocycles. The van der Waals surface area contributed by atoms with Gasteiger partial charge in [0.05, 0.1) is 0 Å². The third-order valence-corrected chi connectivity index (χ3v) is 4.21.